The van der Waals surface area contributed by atoms with Crippen molar-refractivity contribution in [2.75, 3.05) is 26.2 Å². The van der Waals surface area contributed by atoms with Gasteiger partial charge in [-0.1, -0.05) is 0 Å². The van der Waals surface area contributed by atoms with Crippen molar-refractivity contribution in [1.82, 2.24) is 36.8 Å². The Bertz CT molecular complexity index is 1630. The van der Waals surface area contributed by atoms with Gasteiger partial charge in [-0.05, 0) is 88.6 Å². The number of rotatable bonds is 16. The van der Waals surface area contributed by atoms with Gasteiger partial charge in [-0.15, -0.1) is 0 Å². The minimum Gasteiger partial charge on any atom is -0.481 e. The van der Waals surface area contributed by atoms with Crippen LogP contribution in [0.1, 0.15) is 81.0 Å². The summed E-state index contributed by atoms with van der Waals surface area (Å²) >= 11 is 0. The highest BCUT2D eigenvalue weighted by Crippen LogP contribution is 2.20. The molecule has 3 rings (SSSR count). The first-order chi connectivity index (χ1) is 27.1. The van der Waals surface area contributed by atoms with Gasteiger partial charge in [0.25, 0.3) is 5.91 Å². The van der Waals surface area contributed by atoms with Gasteiger partial charge in [0, 0.05) is 25.1 Å². The lowest BCUT2D eigenvalue weighted by Crippen LogP contribution is -2.61. The fraction of sp³-hybridized carbons (Fsp3) is 0.583. The predicted octanol–water partition coefficient (Wildman–Crippen LogP) is -2.38. The number of carbonyl (C=O) groups is 9. The van der Waals surface area contributed by atoms with E-state index in [0.29, 0.717) is 19.3 Å². The number of nitrogens with zero attached hydrogens (tertiary/aromatic N) is 1. The molecule has 2 aliphatic heterocycles. The van der Waals surface area contributed by atoms with Gasteiger partial charge in [0.1, 0.15) is 42.1 Å². The largest absolute Gasteiger partial charge is 0.481 e. The number of fused-ring (bicyclic) bond motifs is 1. The van der Waals surface area contributed by atoms with E-state index in [9.17, 15) is 62.9 Å². The molecule has 2 heterocycles. The number of aliphatic hydroxyl groups excluding tert-OH is 1. The number of nitrogens with two attached hydrogens (primary N) is 1. The smallest absolute Gasteiger partial charge is 0.305 e. The minimum absolute atomic E-state index is 0.0187. The maximum absolute atomic E-state index is 13.8. The molecule has 0 radical (unpaired) electrons. The molecule has 1 aromatic carbocycles. The van der Waals surface area contributed by atoms with Crippen molar-refractivity contribution >= 4 is 53.3 Å². The number of amides is 7. The maximum Gasteiger partial charge on any atom is 0.305 e. The van der Waals surface area contributed by atoms with Crippen LogP contribution in [0.2, 0.25) is 0 Å². The van der Waals surface area contributed by atoms with Crippen LogP contribution in [0, 0.1) is 5.82 Å². The third-order valence-corrected chi connectivity index (χ3v) is 9.45. The van der Waals surface area contributed by atoms with Gasteiger partial charge < -0.3 is 57.9 Å². The molecule has 11 N–H and O–H groups in total. The molecule has 57 heavy (non-hydrogen) atoms. The fourth-order valence-electron chi connectivity index (χ4n) is 6.38. The average molecular weight is 807 g/mol. The molecular weight excluding hydrogens is 755 g/mol. The second-order valence-electron chi connectivity index (χ2n) is 13.8. The SMILES string of the molecule is NCCCC[C@@H]1NC(=O)[C@H](CCC(=O)O)NC(=O)[C@H](CC(=O)O)NC(=O)[C@H](CCCCNC(=O)c2ccc(F)cc2)NC(=O)[C@H]2CCCN2C(=O)[C@H](CO)NC1=O. The van der Waals surface area contributed by atoms with Crippen molar-refractivity contribution in [3.8, 4) is 0 Å². The number of hydrogen-bond acceptors (Lipinski definition) is 11. The molecule has 20 nitrogen and oxygen atoms in total. The summed E-state index contributed by atoms with van der Waals surface area (Å²) in [6.45, 7) is -0.486. The number of benzene rings is 1. The minimum atomic E-state index is -1.83. The lowest BCUT2D eigenvalue weighted by atomic mass is 10.0. The normalized spacial score (nSPS) is 23.8. The maximum atomic E-state index is 13.8. The Morgan fingerprint density at radius 1 is 0.719 bits per heavy atom. The number of unbranched alkanes of at least 4 members (excludes halogenated alkanes) is 2. The van der Waals surface area contributed by atoms with Crippen molar-refractivity contribution < 1.29 is 62.9 Å². The monoisotopic (exact) mass is 806 g/mol. The zero-order valence-corrected chi connectivity index (χ0v) is 31.3. The Balaban J connectivity index is 1.94. The predicted molar refractivity (Wildman–Crippen MR) is 196 cm³/mol. The van der Waals surface area contributed by atoms with Crippen LogP contribution in [-0.2, 0) is 38.4 Å². The van der Waals surface area contributed by atoms with Crippen LogP contribution in [0.3, 0.4) is 0 Å². The van der Waals surface area contributed by atoms with Gasteiger partial charge in [0.15, 0.2) is 0 Å². The summed E-state index contributed by atoms with van der Waals surface area (Å²) in [5, 5.41) is 43.8. The molecule has 0 bridgehead atoms. The number of nitrogens with one attached hydrogen (secondary N) is 6. The van der Waals surface area contributed by atoms with E-state index in [4.69, 9.17) is 5.73 Å². The Labute approximate surface area is 327 Å². The van der Waals surface area contributed by atoms with Gasteiger partial charge in [0.2, 0.25) is 35.4 Å². The van der Waals surface area contributed by atoms with Crippen LogP contribution in [0.4, 0.5) is 4.39 Å². The van der Waals surface area contributed by atoms with Crippen LogP contribution in [0.15, 0.2) is 24.3 Å². The topological polar surface area (TPSA) is 316 Å². The van der Waals surface area contributed by atoms with Crippen molar-refractivity contribution in [2.45, 2.75) is 107 Å². The summed E-state index contributed by atoms with van der Waals surface area (Å²) in [5.74, 6) is -9.58. The molecule has 21 heteroatoms. The van der Waals surface area contributed by atoms with Crippen molar-refractivity contribution in [2.24, 2.45) is 5.73 Å². The number of aliphatic carboxylic acids is 2. The van der Waals surface area contributed by atoms with Gasteiger partial charge in [-0.2, -0.15) is 0 Å². The number of carboxylic acid groups (broad SMARTS) is 2. The molecular formula is C36H51FN8O12. The van der Waals surface area contributed by atoms with Crippen molar-refractivity contribution in [3.05, 3.63) is 35.6 Å². The van der Waals surface area contributed by atoms with Crippen molar-refractivity contribution in [3.63, 3.8) is 0 Å². The first-order valence-corrected chi connectivity index (χ1v) is 18.8. The molecule has 2 saturated heterocycles. The zero-order valence-electron chi connectivity index (χ0n) is 31.3. The van der Waals surface area contributed by atoms with E-state index in [1.807, 2.05) is 0 Å². The van der Waals surface area contributed by atoms with Crippen LogP contribution in [-0.4, -0.2) is 136 Å². The number of carbonyl (C=O) groups excluding carboxylic acids is 7. The lowest BCUT2D eigenvalue weighted by Gasteiger charge is -2.31. The summed E-state index contributed by atoms with van der Waals surface area (Å²) < 4.78 is 13.3. The van der Waals surface area contributed by atoms with Gasteiger partial charge in [0.05, 0.1) is 13.0 Å². The number of hydrogen-bond donors (Lipinski definition) is 10. The molecule has 0 saturated carbocycles. The van der Waals surface area contributed by atoms with Gasteiger partial charge in [-0.25, -0.2) is 4.39 Å². The standard InChI is InChI=1S/C36H51FN8O12/c37-21-11-9-20(10-12-21)30(51)39-16-4-2-7-23-31(52)43-25(18-29(49)50)34(55)41-24(13-14-28(47)48)33(54)40-22(6-1-3-15-38)32(53)44-26(19-46)36(57)45-17-5-8-27(45)35(56)42-23/h9-12,22-27,46H,1-8,13-19,38H2,(H,39,51)(H,40,54)(H,41,55)(H,42,56)(H,43,52)(H,44,53)(H,47,48)(H,49,50)/t22-,23-,24-,25-,26-,27+/m0/s1. The number of carboxylic acids is 2. The second kappa shape index (κ2) is 22.8. The van der Waals surface area contributed by atoms with Crippen LogP contribution < -0.4 is 37.6 Å². The Morgan fingerprint density at radius 3 is 1.81 bits per heavy atom. The molecule has 0 aromatic heterocycles. The molecule has 1 aromatic rings. The molecule has 6 atom stereocenters. The van der Waals surface area contributed by atoms with E-state index < -0.39 is 121 Å². The second-order valence-corrected chi connectivity index (χ2v) is 13.8. The fourth-order valence-corrected chi connectivity index (χ4v) is 6.38. The Kier molecular flexibility index (Phi) is 18.2. The highest BCUT2D eigenvalue weighted by molar-refractivity contribution is 5.99. The summed E-state index contributed by atoms with van der Waals surface area (Å²) in [6, 6.07) is -4.12. The van der Waals surface area contributed by atoms with E-state index in [2.05, 4.69) is 31.9 Å². The quantitative estimate of drug-likeness (QED) is 0.0782. The molecule has 2 aliphatic rings. The van der Waals surface area contributed by atoms with Gasteiger partial charge >= 0.3 is 11.9 Å². The Hall–Kier alpha value is -5.70. The summed E-state index contributed by atoms with van der Waals surface area (Å²) in [4.78, 5) is 119. The molecule has 0 unspecified atom stereocenters. The third kappa shape index (κ3) is 14.4. The number of halogens is 1. The Morgan fingerprint density at radius 2 is 1.25 bits per heavy atom. The first-order valence-electron chi connectivity index (χ1n) is 18.8. The summed E-state index contributed by atoms with van der Waals surface area (Å²) in [6.07, 6.45) is -0.576. The highest BCUT2D eigenvalue weighted by atomic mass is 19.1. The lowest BCUT2D eigenvalue weighted by molar-refractivity contribution is -0.144. The summed E-state index contributed by atoms with van der Waals surface area (Å²) in [7, 11) is 0. The van der Waals surface area contributed by atoms with Crippen LogP contribution >= 0.6 is 0 Å². The van der Waals surface area contributed by atoms with E-state index in [1.165, 1.54) is 12.1 Å². The molecule has 0 spiro atoms. The van der Waals surface area contributed by atoms with Crippen molar-refractivity contribution in [1.29, 1.82) is 0 Å². The molecule has 0 aliphatic carbocycles. The van der Waals surface area contributed by atoms with Crippen LogP contribution in [0.5, 0.6) is 0 Å². The van der Waals surface area contributed by atoms with Gasteiger partial charge in [-0.3, -0.25) is 43.2 Å². The van der Waals surface area contributed by atoms with Crippen LogP contribution in [0.25, 0.3) is 0 Å². The summed E-state index contributed by atoms with van der Waals surface area (Å²) in [5.41, 5.74) is 5.80. The third-order valence-electron chi connectivity index (χ3n) is 9.45. The molecule has 314 valence electrons. The first kappa shape index (κ1) is 45.7. The highest BCUT2D eigenvalue weighted by Gasteiger charge is 2.40. The molecule has 7 amide bonds. The average Bonchev–Trinajstić information content (AvgIpc) is 3.67. The van der Waals surface area contributed by atoms with E-state index in [0.717, 1.165) is 17.0 Å². The molecule has 2 fully saturated rings. The van der Waals surface area contributed by atoms with E-state index in [1.54, 1.807) is 0 Å². The van der Waals surface area contributed by atoms with E-state index in [-0.39, 0.29) is 57.3 Å². The van der Waals surface area contributed by atoms with E-state index >= 15 is 0 Å². The number of aliphatic hydroxyl groups is 1. The zero-order chi connectivity index (χ0) is 42.1.